The van der Waals surface area contributed by atoms with Crippen LogP contribution in [0, 0.1) is 0 Å². The van der Waals surface area contributed by atoms with E-state index >= 15 is 0 Å². The van der Waals surface area contributed by atoms with E-state index in [1.165, 1.54) is 0 Å². The molecule has 122 valence electrons. The average molecular weight is 319 g/mol. The number of para-hydroxylation sites is 1. The molecular formula is C15H17N3O5. The van der Waals surface area contributed by atoms with Crippen molar-refractivity contribution in [1.82, 2.24) is 10.3 Å². The van der Waals surface area contributed by atoms with Gasteiger partial charge in [0.2, 0.25) is 5.91 Å². The van der Waals surface area contributed by atoms with Gasteiger partial charge in [0.05, 0.1) is 6.42 Å². The Morgan fingerprint density at radius 1 is 1.17 bits per heavy atom. The summed E-state index contributed by atoms with van der Waals surface area (Å²) in [5.74, 6) is -3.23. The predicted molar refractivity (Wildman–Crippen MR) is 81.8 cm³/mol. The summed E-state index contributed by atoms with van der Waals surface area (Å²) in [4.78, 5) is 36.7. The molecule has 1 heterocycles. The molecule has 0 aliphatic heterocycles. The summed E-state index contributed by atoms with van der Waals surface area (Å²) in [6.07, 6.45) is 1.29. The highest BCUT2D eigenvalue weighted by Gasteiger charge is 2.24. The Bertz CT molecular complexity index is 740. The van der Waals surface area contributed by atoms with Gasteiger partial charge in [-0.15, -0.1) is 0 Å². The highest BCUT2D eigenvalue weighted by Crippen LogP contribution is 2.19. The number of nitrogens with one attached hydrogen (secondary N) is 2. The lowest BCUT2D eigenvalue weighted by Gasteiger charge is -2.15. The predicted octanol–water partition coefficient (Wildman–Crippen LogP) is 0.0818. The Labute approximate surface area is 131 Å². The second-order valence-corrected chi connectivity index (χ2v) is 5.17. The lowest BCUT2D eigenvalue weighted by Crippen LogP contribution is -2.45. The second kappa shape index (κ2) is 6.93. The van der Waals surface area contributed by atoms with Crippen molar-refractivity contribution in [3.63, 3.8) is 0 Å². The van der Waals surface area contributed by atoms with Gasteiger partial charge in [-0.25, -0.2) is 4.79 Å². The summed E-state index contributed by atoms with van der Waals surface area (Å²) in [5, 5.41) is 21.1. The number of fused-ring (bicyclic) bond motifs is 1. The number of aliphatic carboxylic acids is 2. The highest BCUT2D eigenvalue weighted by molar-refractivity contribution is 5.88. The van der Waals surface area contributed by atoms with E-state index < -0.39 is 36.4 Å². The van der Waals surface area contributed by atoms with Crippen molar-refractivity contribution in [2.24, 2.45) is 5.73 Å². The zero-order valence-corrected chi connectivity index (χ0v) is 12.2. The van der Waals surface area contributed by atoms with Gasteiger partial charge in [-0.1, -0.05) is 18.2 Å². The van der Waals surface area contributed by atoms with Crippen LogP contribution in [0.3, 0.4) is 0 Å². The molecule has 0 saturated heterocycles. The SMILES string of the molecule is NC(CC(=O)N[C@@H](Cc1c[nH]c2ccccc12)C(=O)O)C(=O)O. The van der Waals surface area contributed by atoms with Crippen LogP contribution in [-0.4, -0.2) is 45.1 Å². The van der Waals surface area contributed by atoms with Gasteiger partial charge in [0.1, 0.15) is 12.1 Å². The van der Waals surface area contributed by atoms with Crippen LogP contribution in [0.1, 0.15) is 12.0 Å². The Morgan fingerprint density at radius 2 is 1.87 bits per heavy atom. The fourth-order valence-corrected chi connectivity index (χ4v) is 2.26. The van der Waals surface area contributed by atoms with Gasteiger partial charge in [-0.05, 0) is 11.6 Å². The van der Waals surface area contributed by atoms with E-state index in [0.717, 1.165) is 16.5 Å². The number of benzene rings is 1. The normalized spacial score (nSPS) is 13.4. The summed E-state index contributed by atoms with van der Waals surface area (Å²) < 4.78 is 0. The van der Waals surface area contributed by atoms with E-state index in [0.29, 0.717) is 0 Å². The van der Waals surface area contributed by atoms with Crippen molar-refractivity contribution in [2.45, 2.75) is 24.9 Å². The highest BCUT2D eigenvalue weighted by atomic mass is 16.4. The first-order valence-corrected chi connectivity index (χ1v) is 6.94. The van der Waals surface area contributed by atoms with E-state index in [2.05, 4.69) is 10.3 Å². The maximum atomic E-state index is 11.7. The number of aromatic nitrogens is 1. The number of carbonyl (C=O) groups excluding carboxylic acids is 1. The van der Waals surface area contributed by atoms with Crippen LogP contribution in [0.4, 0.5) is 0 Å². The van der Waals surface area contributed by atoms with Crippen LogP contribution in [0.25, 0.3) is 10.9 Å². The third-order valence-electron chi connectivity index (χ3n) is 3.45. The largest absolute Gasteiger partial charge is 0.480 e. The topological polar surface area (TPSA) is 146 Å². The van der Waals surface area contributed by atoms with Gasteiger partial charge >= 0.3 is 11.9 Å². The fourth-order valence-electron chi connectivity index (χ4n) is 2.26. The standard InChI is InChI=1S/C15H17N3O5/c16-10(14(20)21)6-13(19)18-12(15(22)23)5-8-7-17-11-4-2-1-3-9(8)11/h1-4,7,10,12,17H,5-6,16H2,(H,18,19)(H,20,21)(H,22,23)/t10?,12-/m0/s1. The fraction of sp³-hybridized carbons (Fsp3) is 0.267. The van der Waals surface area contributed by atoms with Crippen LogP contribution in [0.5, 0.6) is 0 Å². The number of hydrogen-bond donors (Lipinski definition) is 5. The van der Waals surface area contributed by atoms with Crippen molar-refractivity contribution in [2.75, 3.05) is 0 Å². The number of amides is 1. The van der Waals surface area contributed by atoms with E-state index in [1.807, 2.05) is 24.3 Å². The quantitative estimate of drug-likeness (QED) is 0.488. The van der Waals surface area contributed by atoms with Crippen LogP contribution >= 0.6 is 0 Å². The zero-order chi connectivity index (χ0) is 17.0. The maximum Gasteiger partial charge on any atom is 0.326 e. The molecule has 1 unspecified atom stereocenters. The van der Waals surface area contributed by atoms with Crippen molar-refractivity contribution >= 4 is 28.7 Å². The number of nitrogens with two attached hydrogens (primary N) is 1. The molecule has 1 amide bonds. The van der Waals surface area contributed by atoms with Gasteiger partial charge < -0.3 is 26.2 Å². The smallest absolute Gasteiger partial charge is 0.326 e. The number of carboxylic acid groups (broad SMARTS) is 2. The Morgan fingerprint density at radius 3 is 2.52 bits per heavy atom. The molecule has 0 spiro atoms. The molecule has 1 aromatic carbocycles. The summed E-state index contributed by atoms with van der Waals surface area (Å²) in [5.41, 5.74) is 6.88. The summed E-state index contributed by atoms with van der Waals surface area (Å²) in [7, 11) is 0. The lowest BCUT2D eigenvalue weighted by molar-refractivity contribution is -0.142. The Hall–Kier alpha value is -2.87. The molecule has 0 saturated carbocycles. The van der Waals surface area contributed by atoms with Gasteiger partial charge in [-0.3, -0.25) is 9.59 Å². The van der Waals surface area contributed by atoms with E-state index in [9.17, 15) is 19.5 Å². The number of carbonyl (C=O) groups is 3. The minimum absolute atomic E-state index is 0.0768. The first-order chi connectivity index (χ1) is 10.9. The number of hydrogen-bond acceptors (Lipinski definition) is 4. The van der Waals surface area contributed by atoms with Gasteiger partial charge in [-0.2, -0.15) is 0 Å². The lowest BCUT2D eigenvalue weighted by atomic mass is 10.0. The Balaban J connectivity index is 2.09. The van der Waals surface area contributed by atoms with Gasteiger partial charge in [0, 0.05) is 23.5 Å². The molecule has 0 aliphatic rings. The van der Waals surface area contributed by atoms with Crippen LogP contribution in [-0.2, 0) is 20.8 Å². The summed E-state index contributed by atoms with van der Waals surface area (Å²) in [6, 6.07) is 4.87. The molecule has 23 heavy (non-hydrogen) atoms. The molecule has 2 aromatic rings. The van der Waals surface area contributed by atoms with Gasteiger partial charge in [0.25, 0.3) is 0 Å². The minimum atomic E-state index is -1.36. The molecular weight excluding hydrogens is 302 g/mol. The third kappa shape index (κ3) is 4.07. The van der Waals surface area contributed by atoms with Crippen molar-refractivity contribution in [1.29, 1.82) is 0 Å². The monoisotopic (exact) mass is 319 g/mol. The van der Waals surface area contributed by atoms with Crippen LogP contribution in [0.2, 0.25) is 0 Å². The summed E-state index contributed by atoms with van der Waals surface area (Å²) in [6.45, 7) is 0. The average Bonchev–Trinajstić information content (AvgIpc) is 2.89. The molecule has 0 aliphatic carbocycles. The van der Waals surface area contributed by atoms with Gasteiger partial charge in [0.15, 0.2) is 0 Å². The van der Waals surface area contributed by atoms with Crippen molar-refractivity contribution < 1.29 is 24.6 Å². The van der Waals surface area contributed by atoms with E-state index in [-0.39, 0.29) is 6.42 Å². The molecule has 0 radical (unpaired) electrons. The number of rotatable bonds is 7. The van der Waals surface area contributed by atoms with Crippen LogP contribution < -0.4 is 11.1 Å². The number of carboxylic acids is 2. The van der Waals surface area contributed by atoms with Crippen molar-refractivity contribution in [3.05, 3.63) is 36.0 Å². The molecule has 8 heteroatoms. The molecule has 2 atom stereocenters. The molecule has 6 N–H and O–H groups in total. The number of aromatic amines is 1. The Kier molecular flexibility index (Phi) is 4.97. The van der Waals surface area contributed by atoms with Crippen LogP contribution in [0.15, 0.2) is 30.5 Å². The first-order valence-electron chi connectivity index (χ1n) is 6.94. The van der Waals surface area contributed by atoms with E-state index in [1.54, 1.807) is 6.20 Å². The first kappa shape index (κ1) is 16.5. The zero-order valence-electron chi connectivity index (χ0n) is 12.2. The maximum absolute atomic E-state index is 11.7. The molecule has 1 aromatic heterocycles. The van der Waals surface area contributed by atoms with E-state index in [4.69, 9.17) is 10.8 Å². The molecule has 0 bridgehead atoms. The number of H-pyrrole nitrogens is 1. The molecule has 2 rings (SSSR count). The molecule has 8 nitrogen and oxygen atoms in total. The second-order valence-electron chi connectivity index (χ2n) is 5.17. The third-order valence-corrected chi connectivity index (χ3v) is 3.45. The molecule has 0 fully saturated rings. The summed E-state index contributed by atoms with van der Waals surface area (Å²) >= 11 is 0. The minimum Gasteiger partial charge on any atom is -0.480 e. The van der Waals surface area contributed by atoms with Crippen molar-refractivity contribution in [3.8, 4) is 0 Å².